The van der Waals surface area contributed by atoms with Crippen LogP contribution in [0.25, 0.3) is 6.08 Å². The molecule has 9 heteroatoms. The van der Waals surface area contributed by atoms with Crippen molar-refractivity contribution in [3.8, 4) is 11.8 Å². The van der Waals surface area contributed by atoms with Crippen LogP contribution in [0.5, 0.6) is 5.75 Å². The molecule has 0 radical (unpaired) electrons. The molecular weight excluding hydrogens is 504 g/mol. The Morgan fingerprint density at radius 2 is 1.84 bits per heavy atom. The van der Waals surface area contributed by atoms with Gasteiger partial charge in [-0.3, -0.25) is 19.1 Å². The zero-order chi connectivity index (χ0) is 26.5. The highest BCUT2D eigenvalue weighted by molar-refractivity contribution is 8.26. The van der Waals surface area contributed by atoms with E-state index in [1.807, 2.05) is 37.3 Å². The van der Waals surface area contributed by atoms with Gasteiger partial charge in [0, 0.05) is 31.7 Å². The van der Waals surface area contributed by atoms with Crippen LogP contribution in [0.2, 0.25) is 0 Å². The highest BCUT2D eigenvalue weighted by Gasteiger charge is 2.33. The lowest BCUT2D eigenvalue weighted by atomic mass is 10.0. The molecule has 2 saturated heterocycles. The molecular formula is C28H32N4O3S2. The first kappa shape index (κ1) is 27.0. The van der Waals surface area contributed by atoms with Crippen molar-refractivity contribution in [1.29, 1.82) is 5.26 Å². The molecule has 0 saturated carbocycles. The summed E-state index contributed by atoms with van der Waals surface area (Å²) in [6.45, 7) is 6.51. The van der Waals surface area contributed by atoms with Gasteiger partial charge in [-0.15, -0.1) is 0 Å². The van der Waals surface area contributed by atoms with Gasteiger partial charge < -0.3 is 9.64 Å². The summed E-state index contributed by atoms with van der Waals surface area (Å²) in [5, 5.41) is 9.82. The van der Waals surface area contributed by atoms with Crippen molar-refractivity contribution in [2.24, 2.45) is 0 Å². The molecule has 0 atom stereocenters. The number of methoxy groups -OCH3 is 1. The number of anilines is 1. The number of amides is 1. The summed E-state index contributed by atoms with van der Waals surface area (Å²) < 4.78 is 7.47. The molecule has 2 aliphatic heterocycles. The largest absolute Gasteiger partial charge is 0.497 e. The fraction of sp³-hybridized carbons (Fsp3) is 0.429. The number of carbonyl (C=O) groups excluding carboxylic acids is 1. The Hall–Kier alpha value is -3.09. The van der Waals surface area contributed by atoms with Crippen LogP contribution in [0.3, 0.4) is 0 Å². The summed E-state index contributed by atoms with van der Waals surface area (Å²) in [6, 6.07) is 9.90. The van der Waals surface area contributed by atoms with E-state index in [-0.39, 0.29) is 17.0 Å². The first-order valence-electron chi connectivity index (χ1n) is 12.7. The zero-order valence-electron chi connectivity index (χ0n) is 21.6. The number of thioether (sulfide) groups is 1. The van der Waals surface area contributed by atoms with Gasteiger partial charge in [-0.1, -0.05) is 43.0 Å². The van der Waals surface area contributed by atoms with Gasteiger partial charge in [0.15, 0.2) is 0 Å². The minimum absolute atomic E-state index is 0.135. The Morgan fingerprint density at radius 1 is 1.14 bits per heavy atom. The van der Waals surface area contributed by atoms with Crippen LogP contribution in [0, 0.1) is 18.3 Å². The van der Waals surface area contributed by atoms with Gasteiger partial charge in [-0.05, 0) is 68.4 Å². The second-order valence-corrected chi connectivity index (χ2v) is 11.0. The molecule has 0 unspecified atom stereocenters. The average molecular weight is 537 g/mol. The molecule has 0 bridgehead atoms. The van der Waals surface area contributed by atoms with Crippen LogP contribution in [-0.2, 0) is 17.8 Å². The number of nitrogens with zero attached hydrogens (tertiary/aromatic N) is 4. The highest BCUT2D eigenvalue weighted by atomic mass is 32.2. The molecule has 2 fully saturated rings. The summed E-state index contributed by atoms with van der Waals surface area (Å²) in [5.74, 6) is 1.46. The molecule has 2 aromatic rings. The monoisotopic (exact) mass is 536 g/mol. The number of aromatic nitrogens is 1. The van der Waals surface area contributed by atoms with Gasteiger partial charge in [-0.2, -0.15) is 5.26 Å². The Labute approximate surface area is 227 Å². The summed E-state index contributed by atoms with van der Waals surface area (Å²) in [7, 11) is 1.63. The van der Waals surface area contributed by atoms with Crippen molar-refractivity contribution in [2.45, 2.75) is 52.5 Å². The number of piperidine rings is 1. The molecule has 0 spiro atoms. The molecule has 1 aromatic carbocycles. The number of hydrogen-bond acceptors (Lipinski definition) is 7. The SMILES string of the molecule is CCCn1c(N2CCCCC2)c(/C=C2\SC(=S)N(CCc3ccc(OC)cc3)C2=O)c(C)c(C#N)c1=O. The van der Waals surface area contributed by atoms with Gasteiger partial charge in [0.05, 0.1) is 12.0 Å². The summed E-state index contributed by atoms with van der Waals surface area (Å²) in [5.41, 5.74) is 2.35. The lowest BCUT2D eigenvalue weighted by Gasteiger charge is -2.33. The van der Waals surface area contributed by atoms with Gasteiger partial charge in [0.2, 0.25) is 0 Å². The number of ether oxygens (including phenoxy) is 1. The molecule has 1 aromatic heterocycles. The first-order chi connectivity index (χ1) is 17.9. The molecule has 37 heavy (non-hydrogen) atoms. The molecule has 4 rings (SSSR count). The van der Waals surface area contributed by atoms with Crippen molar-refractivity contribution in [3.05, 3.63) is 61.8 Å². The Morgan fingerprint density at radius 3 is 2.46 bits per heavy atom. The number of carbonyl (C=O) groups is 1. The van der Waals surface area contributed by atoms with Crippen molar-refractivity contribution in [1.82, 2.24) is 9.47 Å². The Balaban J connectivity index is 1.70. The van der Waals surface area contributed by atoms with E-state index in [9.17, 15) is 14.9 Å². The van der Waals surface area contributed by atoms with Crippen LogP contribution in [0.15, 0.2) is 34.0 Å². The molecule has 0 aliphatic carbocycles. The lowest BCUT2D eigenvalue weighted by Crippen LogP contribution is -2.37. The normalized spacial score (nSPS) is 17.0. The van der Waals surface area contributed by atoms with E-state index in [0.29, 0.717) is 34.3 Å². The zero-order valence-corrected chi connectivity index (χ0v) is 23.2. The van der Waals surface area contributed by atoms with Gasteiger partial charge in [0.1, 0.15) is 27.5 Å². The van der Waals surface area contributed by atoms with E-state index in [1.54, 1.807) is 23.5 Å². The summed E-state index contributed by atoms with van der Waals surface area (Å²) in [4.78, 5) is 31.1. The molecule has 1 amide bonds. The molecule has 2 aliphatic rings. The van der Waals surface area contributed by atoms with Gasteiger partial charge >= 0.3 is 0 Å². The fourth-order valence-corrected chi connectivity index (χ4v) is 6.17. The van der Waals surface area contributed by atoms with Gasteiger partial charge in [-0.25, -0.2) is 0 Å². The van der Waals surface area contributed by atoms with E-state index in [1.165, 1.54) is 11.8 Å². The summed E-state index contributed by atoms with van der Waals surface area (Å²) >= 11 is 6.86. The van der Waals surface area contributed by atoms with E-state index >= 15 is 0 Å². The standard InChI is InChI=1S/C28H32N4O3S2/c1-4-13-31-25(30-14-6-5-7-15-30)22(19(2)23(18-29)26(31)33)17-24-27(34)32(28(36)37-24)16-12-20-8-10-21(35-3)11-9-20/h8-11,17H,4-7,12-16H2,1-3H3/b24-17-. The Kier molecular flexibility index (Phi) is 8.72. The van der Waals surface area contributed by atoms with Crippen molar-refractivity contribution in [2.75, 3.05) is 31.6 Å². The van der Waals surface area contributed by atoms with Crippen LogP contribution in [-0.4, -0.2) is 46.4 Å². The maximum Gasteiger partial charge on any atom is 0.270 e. The second kappa shape index (κ2) is 12.0. The second-order valence-electron chi connectivity index (χ2n) is 9.29. The lowest BCUT2D eigenvalue weighted by molar-refractivity contribution is -0.122. The van der Waals surface area contributed by atoms with Crippen molar-refractivity contribution in [3.63, 3.8) is 0 Å². The van der Waals surface area contributed by atoms with Crippen LogP contribution in [0.1, 0.15) is 54.9 Å². The number of hydrogen-bond donors (Lipinski definition) is 0. The molecule has 0 N–H and O–H groups in total. The quantitative estimate of drug-likeness (QED) is 0.351. The van der Waals surface area contributed by atoms with E-state index in [0.717, 1.165) is 61.5 Å². The fourth-order valence-electron chi connectivity index (χ4n) is 4.88. The average Bonchev–Trinajstić information content (AvgIpc) is 3.18. The maximum atomic E-state index is 13.5. The number of benzene rings is 1. The van der Waals surface area contributed by atoms with Crippen LogP contribution < -0.4 is 15.2 Å². The van der Waals surface area contributed by atoms with Crippen molar-refractivity contribution >= 4 is 46.1 Å². The minimum atomic E-state index is -0.258. The Bertz CT molecular complexity index is 1320. The smallest absolute Gasteiger partial charge is 0.270 e. The van der Waals surface area contributed by atoms with E-state index < -0.39 is 0 Å². The third kappa shape index (κ3) is 5.60. The predicted octanol–water partition coefficient (Wildman–Crippen LogP) is 4.88. The molecule has 3 heterocycles. The van der Waals surface area contributed by atoms with Gasteiger partial charge in [0.25, 0.3) is 11.5 Å². The number of rotatable bonds is 8. The van der Waals surface area contributed by atoms with Crippen LogP contribution in [0.4, 0.5) is 5.82 Å². The predicted molar refractivity (Wildman–Crippen MR) is 153 cm³/mol. The van der Waals surface area contributed by atoms with E-state index in [2.05, 4.69) is 11.0 Å². The van der Waals surface area contributed by atoms with E-state index in [4.69, 9.17) is 17.0 Å². The number of nitriles is 1. The third-order valence-electron chi connectivity index (χ3n) is 6.88. The third-order valence-corrected chi connectivity index (χ3v) is 8.26. The molecule has 194 valence electrons. The molecule has 7 nitrogen and oxygen atoms in total. The first-order valence-corrected chi connectivity index (χ1v) is 13.9. The van der Waals surface area contributed by atoms with Crippen molar-refractivity contribution < 1.29 is 9.53 Å². The topological polar surface area (TPSA) is 78.6 Å². The van der Waals surface area contributed by atoms with Crippen LogP contribution >= 0.6 is 24.0 Å². The maximum absolute atomic E-state index is 13.5. The number of thiocarbonyl (C=S) groups is 1. The highest BCUT2D eigenvalue weighted by Crippen LogP contribution is 2.36. The minimum Gasteiger partial charge on any atom is -0.497 e. The summed E-state index contributed by atoms with van der Waals surface area (Å²) in [6.07, 6.45) is 6.53. The number of pyridine rings is 1.